The first-order chi connectivity index (χ1) is 11.1. The van der Waals surface area contributed by atoms with Gasteiger partial charge < -0.3 is 15.5 Å². The Bertz CT molecular complexity index is 749. The minimum atomic E-state index is -0.515. The molecule has 2 N–H and O–H groups in total. The number of hydrogen-bond donors (Lipinski definition) is 2. The van der Waals surface area contributed by atoms with Gasteiger partial charge in [0, 0.05) is 5.69 Å². The van der Waals surface area contributed by atoms with Crippen LogP contribution in [0.2, 0.25) is 5.02 Å². The van der Waals surface area contributed by atoms with E-state index in [1.54, 1.807) is 11.0 Å². The van der Waals surface area contributed by atoms with Crippen LogP contribution in [0.1, 0.15) is 5.56 Å². The third-order valence-electron chi connectivity index (χ3n) is 3.74. The lowest BCUT2D eigenvalue weighted by Gasteiger charge is -2.38. The normalized spacial score (nSPS) is 16.7. The second kappa shape index (κ2) is 6.30. The summed E-state index contributed by atoms with van der Waals surface area (Å²) >= 11 is 6.14. The molecule has 0 saturated carbocycles. The lowest BCUT2D eigenvalue weighted by Crippen LogP contribution is -2.64. The molecule has 1 aliphatic rings. The molecule has 2 aromatic carbocycles. The van der Waals surface area contributed by atoms with Crippen molar-refractivity contribution in [2.75, 3.05) is 16.8 Å². The third-order valence-corrected chi connectivity index (χ3v) is 4.24. The first-order valence-electron chi connectivity index (χ1n) is 7.25. The topological polar surface area (TPSA) is 61.4 Å². The van der Waals surface area contributed by atoms with Gasteiger partial charge in [-0.1, -0.05) is 41.9 Å². The van der Waals surface area contributed by atoms with E-state index in [0.717, 1.165) is 11.3 Å². The largest absolute Gasteiger partial charge is 0.324 e. The van der Waals surface area contributed by atoms with Crippen molar-refractivity contribution in [3.63, 3.8) is 0 Å². The summed E-state index contributed by atoms with van der Waals surface area (Å²) in [6, 6.07) is 13.8. The van der Waals surface area contributed by atoms with Gasteiger partial charge in [0.2, 0.25) is 0 Å². The zero-order valence-corrected chi connectivity index (χ0v) is 13.3. The highest BCUT2D eigenvalue weighted by Crippen LogP contribution is 2.25. The summed E-state index contributed by atoms with van der Waals surface area (Å²) in [5.41, 5.74) is 2.23. The molecule has 3 amide bonds. The van der Waals surface area contributed by atoms with Gasteiger partial charge in [0.05, 0.1) is 17.3 Å². The highest BCUT2D eigenvalue weighted by Gasteiger charge is 2.38. The van der Waals surface area contributed by atoms with E-state index >= 15 is 0 Å². The van der Waals surface area contributed by atoms with Gasteiger partial charge in [-0.2, -0.15) is 0 Å². The summed E-state index contributed by atoms with van der Waals surface area (Å²) in [7, 11) is 0. The monoisotopic (exact) mass is 329 g/mol. The van der Waals surface area contributed by atoms with Gasteiger partial charge >= 0.3 is 6.03 Å². The molecule has 1 saturated heterocycles. The van der Waals surface area contributed by atoms with Crippen LogP contribution in [0, 0.1) is 6.92 Å². The molecule has 1 heterocycles. The van der Waals surface area contributed by atoms with E-state index < -0.39 is 12.1 Å². The van der Waals surface area contributed by atoms with Gasteiger partial charge in [0.25, 0.3) is 5.91 Å². The van der Waals surface area contributed by atoms with Crippen LogP contribution < -0.4 is 15.5 Å². The zero-order valence-electron chi connectivity index (χ0n) is 12.5. The number of aryl methyl sites for hydroxylation is 1. The Kier molecular flexibility index (Phi) is 4.21. The molecule has 0 unspecified atom stereocenters. The Hall–Kier alpha value is -2.53. The number of nitrogens with zero attached hydrogens (tertiary/aromatic N) is 1. The predicted octanol–water partition coefficient (Wildman–Crippen LogP) is 3.19. The fourth-order valence-electron chi connectivity index (χ4n) is 2.43. The molecule has 5 nitrogen and oxygen atoms in total. The van der Waals surface area contributed by atoms with Gasteiger partial charge in [-0.3, -0.25) is 4.79 Å². The fraction of sp³-hybridized carbons (Fsp3) is 0.176. The van der Waals surface area contributed by atoms with Crippen molar-refractivity contribution in [2.45, 2.75) is 13.0 Å². The van der Waals surface area contributed by atoms with Crippen LogP contribution >= 0.6 is 11.6 Å². The van der Waals surface area contributed by atoms with Crippen molar-refractivity contribution in [2.24, 2.45) is 0 Å². The van der Waals surface area contributed by atoms with E-state index in [0.29, 0.717) is 17.3 Å². The minimum absolute atomic E-state index is 0.123. The number of para-hydroxylation sites is 1. The summed E-state index contributed by atoms with van der Waals surface area (Å²) in [5, 5.41) is 5.83. The van der Waals surface area contributed by atoms with Crippen molar-refractivity contribution in [3.8, 4) is 0 Å². The van der Waals surface area contributed by atoms with E-state index in [9.17, 15) is 9.59 Å². The second-order valence-corrected chi connectivity index (χ2v) is 5.75. The molecular weight excluding hydrogens is 314 g/mol. The van der Waals surface area contributed by atoms with E-state index in [1.165, 1.54) is 0 Å². The average molecular weight is 330 g/mol. The zero-order chi connectivity index (χ0) is 16.4. The Morgan fingerprint density at radius 1 is 1.17 bits per heavy atom. The molecule has 0 spiro atoms. The molecular formula is C17H16ClN3O2. The number of β-lactam (4-membered cyclic amide) rings is 1. The lowest BCUT2D eigenvalue weighted by atomic mass is 10.1. The SMILES string of the molecule is Cc1cccc(NC(=O)N[C@@H]2CN(c3ccccc3)C2=O)c1Cl. The Labute approximate surface area is 139 Å². The summed E-state index contributed by atoms with van der Waals surface area (Å²) in [5.74, 6) is -0.123. The molecule has 0 bridgehead atoms. The molecule has 3 rings (SSSR count). The van der Waals surface area contributed by atoms with Crippen molar-refractivity contribution in [1.29, 1.82) is 0 Å². The van der Waals surface area contributed by atoms with E-state index in [4.69, 9.17) is 11.6 Å². The summed E-state index contributed by atoms with van der Waals surface area (Å²) < 4.78 is 0. The Morgan fingerprint density at radius 3 is 2.61 bits per heavy atom. The number of hydrogen-bond acceptors (Lipinski definition) is 2. The molecule has 118 valence electrons. The quantitative estimate of drug-likeness (QED) is 0.850. The van der Waals surface area contributed by atoms with Crippen LogP contribution in [-0.4, -0.2) is 24.5 Å². The van der Waals surface area contributed by atoms with Gasteiger partial charge in [0.15, 0.2) is 0 Å². The highest BCUT2D eigenvalue weighted by atomic mass is 35.5. The number of rotatable bonds is 3. The number of carbonyl (C=O) groups excluding carboxylic acids is 2. The Morgan fingerprint density at radius 2 is 1.91 bits per heavy atom. The fourth-order valence-corrected chi connectivity index (χ4v) is 2.61. The maximum Gasteiger partial charge on any atom is 0.319 e. The number of urea groups is 1. The van der Waals surface area contributed by atoms with Crippen LogP contribution in [0.4, 0.5) is 16.2 Å². The summed E-state index contributed by atoms with van der Waals surface area (Å²) in [6.07, 6.45) is 0. The minimum Gasteiger partial charge on any atom is -0.324 e. The number of benzene rings is 2. The van der Waals surface area contributed by atoms with Crippen LogP contribution in [0.25, 0.3) is 0 Å². The molecule has 0 aliphatic carbocycles. The summed E-state index contributed by atoms with van der Waals surface area (Å²) in [4.78, 5) is 25.8. The van der Waals surface area contributed by atoms with Crippen molar-refractivity contribution >= 4 is 34.9 Å². The summed E-state index contributed by atoms with van der Waals surface area (Å²) in [6.45, 7) is 2.32. The van der Waals surface area contributed by atoms with Gasteiger partial charge in [-0.25, -0.2) is 4.79 Å². The van der Waals surface area contributed by atoms with Gasteiger partial charge in [-0.05, 0) is 30.7 Å². The number of carbonyl (C=O) groups is 2. The van der Waals surface area contributed by atoms with Crippen LogP contribution in [-0.2, 0) is 4.79 Å². The Balaban J connectivity index is 1.58. The third kappa shape index (κ3) is 3.14. The predicted molar refractivity (Wildman–Crippen MR) is 90.9 cm³/mol. The van der Waals surface area contributed by atoms with Crippen LogP contribution in [0.5, 0.6) is 0 Å². The highest BCUT2D eigenvalue weighted by molar-refractivity contribution is 6.34. The second-order valence-electron chi connectivity index (χ2n) is 5.37. The van der Waals surface area contributed by atoms with E-state index in [-0.39, 0.29) is 5.91 Å². The van der Waals surface area contributed by atoms with Gasteiger partial charge in [0.1, 0.15) is 6.04 Å². The molecule has 1 fully saturated rings. The molecule has 6 heteroatoms. The molecule has 1 aliphatic heterocycles. The number of amides is 3. The maximum atomic E-state index is 12.1. The average Bonchev–Trinajstić information content (AvgIpc) is 2.56. The number of anilines is 2. The van der Waals surface area contributed by atoms with Crippen LogP contribution in [0.3, 0.4) is 0 Å². The van der Waals surface area contributed by atoms with Crippen molar-refractivity contribution in [3.05, 3.63) is 59.1 Å². The first-order valence-corrected chi connectivity index (χ1v) is 7.63. The van der Waals surface area contributed by atoms with E-state index in [1.807, 2.05) is 49.4 Å². The molecule has 1 atom stereocenters. The molecule has 2 aromatic rings. The van der Waals surface area contributed by atoms with Crippen molar-refractivity contribution < 1.29 is 9.59 Å². The molecule has 0 radical (unpaired) electrons. The van der Waals surface area contributed by atoms with Gasteiger partial charge in [-0.15, -0.1) is 0 Å². The number of halogens is 1. The van der Waals surface area contributed by atoms with Crippen LogP contribution in [0.15, 0.2) is 48.5 Å². The molecule has 0 aromatic heterocycles. The maximum absolute atomic E-state index is 12.1. The van der Waals surface area contributed by atoms with E-state index in [2.05, 4.69) is 10.6 Å². The molecule has 23 heavy (non-hydrogen) atoms. The standard InChI is InChI=1S/C17H16ClN3O2/c1-11-6-5-9-13(15(11)18)19-17(23)20-14-10-21(16(14)22)12-7-3-2-4-8-12/h2-9,14H,10H2,1H3,(H2,19,20,23)/t14-/m1/s1. The smallest absolute Gasteiger partial charge is 0.319 e. The van der Waals surface area contributed by atoms with Crippen molar-refractivity contribution in [1.82, 2.24) is 5.32 Å². The number of nitrogens with one attached hydrogen (secondary N) is 2. The first kappa shape index (κ1) is 15.4. The lowest BCUT2D eigenvalue weighted by molar-refractivity contribution is -0.124.